The third-order valence-corrected chi connectivity index (χ3v) is 5.74. The zero-order valence-electron chi connectivity index (χ0n) is 15.6. The van der Waals surface area contributed by atoms with Crippen molar-refractivity contribution in [2.45, 2.75) is 31.7 Å². The minimum atomic E-state index is 0. The van der Waals surface area contributed by atoms with Gasteiger partial charge in [-0.25, -0.2) is 4.98 Å². The van der Waals surface area contributed by atoms with E-state index in [1.165, 1.54) is 11.3 Å². The molecule has 2 heterocycles. The van der Waals surface area contributed by atoms with Crippen molar-refractivity contribution in [2.75, 3.05) is 25.9 Å². The molecule has 0 radical (unpaired) electrons. The molecule has 7 heteroatoms. The van der Waals surface area contributed by atoms with E-state index < -0.39 is 0 Å². The smallest absolute Gasteiger partial charge is 0.214 e. The minimum absolute atomic E-state index is 0. The minimum Gasteiger partial charge on any atom is -0.444 e. The molecule has 1 aliphatic rings. The normalized spacial score (nSPS) is 17.3. The van der Waals surface area contributed by atoms with Crippen molar-refractivity contribution in [1.29, 1.82) is 0 Å². The van der Waals surface area contributed by atoms with Crippen molar-refractivity contribution in [2.24, 2.45) is 10.9 Å². The lowest BCUT2D eigenvalue weighted by molar-refractivity contribution is 0.442. The third-order valence-electron chi connectivity index (χ3n) is 4.50. The molecule has 1 saturated heterocycles. The number of aliphatic imine (C=N–C) groups is 1. The van der Waals surface area contributed by atoms with Crippen molar-refractivity contribution in [3.63, 3.8) is 0 Å². The van der Waals surface area contributed by atoms with Gasteiger partial charge in [-0.15, -0.1) is 35.7 Å². The topological polar surface area (TPSA) is 53.7 Å². The van der Waals surface area contributed by atoms with Gasteiger partial charge in [-0.05, 0) is 38.3 Å². The first-order chi connectivity index (χ1) is 12.2. The maximum Gasteiger partial charge on any atom is 0.214 e. The summed E-state index contributed by atoms with van der Waals surface area (Å²) in [7, 11) is 1.83. The first kappa shape index (κ1) is 21.1. The fourth-order valence-corrected chi connectivity index (χ4v) is 4.04. The summed E-state index contributed by atoms with van der Waals surface area (Å²) in [6.45, 7) is 6.57. The van der Waals surface area contributed by atoms with Crippen LogP contribution in [-0.2, 0) is 6.54 Å². The predicted octanol–water partition coefficient (Wildman–Crippen LogP) is 4.10. The first-order valence-electron chi connectivity index (χ1n) is 8.72. The Morgan fingerprint density at radius 2 is 2.12 bits per heavy atom. The largest absolute Gasteiger partial charge is 0.444 e. The highest BCUT2D eigenvalue weighted by molar-refractivity contribution is 14.0. The van der Waals surface area contributed by atoms with Gasteiger partial charge in [-0.1, -0.05) is 18.2 Å². The molecule has 0 amide bonds. The van der Waals surface area contributed by atoms with E-state index in [1.54, 1.807) is 0 Å². The van der Waals surface area contributed by atoms with Crippen LogP contribution in [0.4, 0.5) is 0 Å². The molecule has 1 N–H and O–H groups in total. The van der Waals surface area contributed by atoms with Gasteiger partial charge in [0.2, 0.25) is 5.89 Å². The number of aryl methyl sites for hydroxylation is 2. The van der Waals surface area contributed by atoms with E-state index in [-0.39, 0.29) is 24.0 Å². The molecule has 1 aliphatic heterocycles. The monoisotopic (exact) mass is 486 g/mol. The number of rotatable bonds is 5. The lowest BCUT2D eigenvalue weighted by atomic mass is 10.2. The number of hydrogen-bond acceptors (Lipinski definition) is 4. The first-order valence-corrected chi connectivity index (χ1v) is 9.70. The second kappa shape index (κ2) is 10.2. The fraction of sp³-hybridized carbons (Fsp3) is 0.474. The van der Waals surface area contributed by atoms with E-state index in [2.05, 4.69) is 50.5 Å². The van der Waals surface area contributed by atoms with Crippen LogP contribution in [0.2, 0.25) is 0 Å². The van der Waals surface area contributed by atoms with Crippen molar-refractivity contribution in [3.8, 4) is 0 Å². The summed E-state index contributed by atoms with van der Waals surface area (Å²) in [5.41, 5.74) is 0.950. The maximum atomic E-state index is 5.63. The van der Waals surface area contributed by atoms with Crippen molar-refractivity contribution >= 4 is 41.7 Å². The van der Waals surface area contributed by atoms with E-state index in [0.29, 0.717) is 18.4 Å². The molecule has 0 aliphatic carbocycles. The number of nitrogens with one attached hydrogen (secondary N) is 1. The lowest BCUT2D eigenvalue weighted by Crippen LogP contribution is -2.39. The molecular formula is C19H27IN4OS. The second-order valence-electron chi connectivity index (χ2n) is 6.37. The van der Waals surface area contributed by atoms with Crippen LogP contribution in [0.15, 0.2) is 44.6 Å². The molecule has 142 valence electrons. The molecule has 0 bridgehead atoms. The Hall–Kier alpha value is -1.22. The van der Waals surface area contributed by atoms with E-state index in [1.807, 2.05) is 32.7 Å². The van der Waals surface area contributed by atoms with Gasteiger partial charge in [-0.2, -0.15) is 0 Å². The quantitative estimate of drug-likeness (QED) is 0.299. The van der Waals surface area contributed by atoms with Gasteiger partial charge >= 0.3 is 0 Å². The average molecular weight is 486 g/mol. The van der Waals surface area contributed by atoms with Crippen LogP contribution in [0.3, 0.4) is 0 Å². The summed E-state index contributed by atoms with van der Waals surface area (Å²) >= 11 is 1.94. The van der Waals surface area contributed by atoms with Gasteiger partial charge in [0.1, 0.15) is 5.76 Å². The van der Waals surface area contributed by atoms with E-state index in [9.17, 15) is 0 Å². The van der Waals surface area contributed by atoms with Gasteiger partial charge in [0.05, 0.1) is 12.2 Å². The van der Waals surface area contributed by atoms with Crippen LogP contribution in [0.25, 0.3) is 0 Å². The van der Waals surface area contributed by atoms with Crippen LogP contribution >= 0.6 is 35.7 Å². The Balaban J connectivity index is 0.00000243. The summed E-state index contributed by atoms with van der Waals surface area (Å²) in [6.07, 6.45) is 1.21. The van der Waals surface area contributed by atoms with Crippen LogP contribution in [0, 0.1) is 19.8 Å². The Morgan fingerprint density at radius 3 is 2.77 bits per heavy atom. The molecule has 3 rings (SSSR count). The Kier molecular flexibility index (Phi) is 8.27. The summed E-state index contributed by atoms with van der Waals surface area (Å²) in [4.78, 5) is 12.5. The second-order valence-corrected chi connectivity index (χ2v) is 7.47. The Bertz CT molecular complexity index is 700. The van der Waals surface area contributed by atoms with Crippen LogP contribution in [-0.4, -0.2) is 41.7 Å². The SMILES string of the molecule is CN=C(NCc1nc(C)c(C)o1)N1CCC(CSc2ccccc2)C1.I. The number of oxazole rings is 1. The maximum absolute atomic E-state index is 5.63. The van der Waals surface area contributed by atoms with Crippen LogP contribution in [0.5, 0.6) is 0 Å². The van der Waals surface area contributed by atoms with Crippen LogP contribution in [0.1, 0.15) is 23.8 Å². The van der Waals surface area contributed by atoms with Gasteiger partial charge in [0.15, 0.2) is 5.96 Å². The predicted molar refractivity (Wildman–Crippen MR) is 118 cm³/mol. The molecule has 1 unspecified atom stereocenters. The lowest BCUT2D eigenvalue weighted by Gasteiger charge is -2.21. The fourth-order valence-electron chi connectivity index (χ4n) is 2.99. The number of nitrogens with zero attached hydrogens (tertiary/aromatic N) is 3. The van der Waals surface area contributed by atoms with Crippen molar-refractivity contribution < 1.29 is 4.42 Å². The van der Waals surface area contributed by atoms with Crippen LogP contribution < -0.4 is 5.32 Å². The van der Waals surface area contributed by atoms with E-state index >= 15 is 0 Å². The van der Waals surface area contributed by atoms with Gasteiger partial charge in [0, 0.05) is 30.8 Å². The molecule has 2 aromatic rings. The van der Waals surface area contributed by atoms with Gasteiger partial charge in [0.25, 0.3) is 0 Å². The zero-order valence-corrected chi connectivity index (χ0v) is 18.7. The molecule has 26 heavy (non-hydrogen) atoms. The highest BCUT2D eigenvalue weighted by Gasteiger charge is 2.25. The summed E-state index contributed by atoms with van der Waals surface area (Å²) in [5, 5.41) is 3.38. The molecule has 1 fully saturated rings. The molecule has 1 aromatic carbocycles. The summed E-state index contributed by atoms with van der Waals surface area (Å²) in [5.74, 6) is 4.36. The summed E-state index contributed by atoms with van der Waals surface area (Å²) in [6, 6.07) is 10.6. The highest BCUT2D eigenvalue weighted by Crippen LogP contribution is 2.25. The van der Waals surface area contributed by atoms with Gasteiger partial charge < -0.3 is 14.6 Å². The zero-order chi connectivity index (χ0) is 17.6. The number of hydrogen-bond donors (Lipinski definition) is 1. The van der Waals surface area contributed by atoms with E-state index in [0.717, 1.165) is 36.3 Å². The number of guanidine groups is 1. The molecule has 5 nitrogen and oxygen atoms in total. The third kappa shape index (κ3) is 5.64. The molecule has 1 atom stereocenters. The number of likely N-dealkylation sites (tertiary alicyclic amines) is 1. The number of thioether (sulfide) groups is 1. The molecule has 1 aromatic heterocycles. The molecule has 0 saturated carbocycles. The standard InChI is InChI=1S/C19H26N4OS.HI/c1-14-15(2)24-18(22-14)11-21-19(20-3)23-10-9-16(12-23)13-25-17-7-5-4-6-8-17;/h4-8,16H,9-13H2,1-3H3,(H,20,21);1H. The van der Waals surface area contributed by atoms with Gasteiger partial charge in [-0.3, -0.25) is 4.99 Å². The van der Waals surface area contributed by atoms with Crippen molar-refractivity contribution in [3.05, 3.63) is 47.7 Å². The van der Waals surface area contributed by atoms with Crippen molar-refractivity contribution in [1.82, 2.24) is 15.2 Å². The summed E-state index contributed by atoms with van der Waals surface area (Å²) < 4.78 is 5.63. The number of benzene rings is 1. The Labute approximate surface area is 177 Å². The van der Waals surface area contributed by atoms with E-state index in [4.69, 9.17) is 4.42 Å². The Morgan fingerprint density at radius 1 is 1.35 bits per heavy atom. The number of halogens is 1. The average Bonchev–Trinajstić information content (AvgIpc) is 3.22. The highest BCUT2D eigenvalue weighted by atomic mass is 127. The number of aromatic nitrogens is 1. The molecule has 0 spiro atoms. The molecular weight excluding hydrogens is 459 g/mol.